The zero-order valence-corrected chi connectivity index (χ0v) is 10.9. The highest BCUT2D eigenvalue weighted by atomic mass is 19.1. The quantitative estimate of drug-likeness (QED) is 0.731. The molecule has 0 aliphatic rings. The lowest BCUT2D eigenvalue weighted by atomic mass is 10.1. The fourth-order valence-electron chi connectivity index (χ4n) is 1.97. The summed E-state index contributed by atoms with van der Waals surface area (Å²) in [6, 6.07) is 1.64. The molecule has 0 aliphatic carbocycles. The van der Waals surface area contributed by atoms with Crippen LogP contribution in [0.2, 0.25) is 0 Å². The van der Waals surface area contributed by atoms with Crippen LogP contribution in [-0.4, -0.2) is 27.0 Å². The van der Waals surface area contributed by atoms with Crippen molar-refractivity contribution in [2.75, 3.05) is 12.8 Å². The van der Waals surface area contributed by atoms with Gasteiger partial charge in [0.2, 0.25) is 0 Å². The summed E-state index contributed by atoms with van der Waals surface area (Å²) >= 11 is 0. The Morgan fingerprint density at radius 1 is 1.33 bits per heavy atom. The van der Waals surface area contributed by atoms with Gasteiger partial charge in [0.1, 0.15) is 11.6 Å². The number of fused-ring (bicyclic) bond motifs is 1. The van der Waals surface area contributed by atoms with E-state index in [9.17, 15) is 9.18 Å². The monoisotopic (exact) mass is 287 g/mol. The van der Waals surface area contributed by atoms with Gasteiger partial charge in [-0.2, -0.15) is 0 Å². The lowest BCUT2D eigenvalue weighted by Gasteiger charge is -2.06. The maximum Gasteiger partial charge on any atom is 0.316 e. The zero-order valence-electron chi connectivity index (χ0n) is 10.9. The summed E-state index contributed by atoms with van der Waals surface area (Å²) in [5, 5.41) is 0.116. The molecule has 106 valence electrons. The Labute approximate surface area is 117 Å². The molecule has 7 nitrogen and oxygen atoms in total. The van der Waals surface area contributed by atoms with Gasteiger partial charge in [-0.1, -0.05) is 0 Å². The summed E-state index contributed by atoms with van der Waals surface area (Å²) in [6.45, 7) is 0. The van der Waals surface area contributed by atoms with Gasteiger partial charge in [-0.15, -0.1) is 0 Å². The molecule has 3 N–H and O–H groups in total. The maximum atomic E-state index is 13.9. The highest BCUT2D eigenvalue weighted by molar-refractivity contribution is 5.93. The molecule has 0 saturated carbocycles. The molecule has 0 aliphatic heterocycles. The van der Waals surface area contributed by atoms with Crippen LogP contribution in [0.25, 0.3) is 22.0 Å². The van der Waals surface area contributed by atoms with Gasteiger partial charge in [-0.05, 0) is 6.07 Å². The van der Waals surface area contributed by atoms with E-state index in [2.05, 4.69) is 19.9 Å². The number of rotatable bonds is 2. The van der Waals surface area contributed by atoms with Crippen LogP contribution < -0.4 is 16.0 Å². The predicted molar refractivity (Wildman–Crippen MR) is 74.3 cm³/mol. The van der Waals surface area contributed by atoms with Gasteiger partial charge in [0, 0.05) is 29.5 Å². The molecule has 8 heteroatoms. The number of ether oxygens (including phenoxy) is 1. The average molecular weight is 287 g/mol. The van der Waals surface area contributed by atoms with E-state index in [1.807, 2.05) is 0 Å². The van der Waals surface area contributed by atoms with Crippen molar-refractivity contribution in [1.29, 1.82) is 0 Å². The summed E-state index contributed by atoms with van der Waals surface area (Å²) in [5.41, 5.74) is 6.16. The van der Waals surface area contributed by atoms with E-state index in [1.165, 1.54) is 25.6 Å². The highest BCUT2D eigenvalue weighted by Gasteiger charge is 2.12. The van der Waals surface area contributed by atoms with Gasteiger partial charge in [0.15, 0.2) is 0 Å². The first-order valence-corrected chi connectivity index (χ1v) is 5.94. The first-order valence-electron chi connectivity index (χ1n) is 5.94. The lowest BCUT2D eigenvalue weighted by molar-refractivity contribution is 0.380. The number of anilines is 1. The van der Waals surface area contributed by atoms with Crippen LogP contribution in [0.4, 0.5) is 10.2 Å². The molecule has 3 heterocycles. The fourth-order valence-corrected chi connectivity index (χ4v) is 1.97. The number of H-pyrrole nitrogens is 1. The molecule has 0 amide bonds. The van der Waals surface area contributed by atoms with E-state index in [1.54, 1.807) is 0 Å². The average Bonchev–Trinajstić information content (AvgIpc) is 2.50. The molecule has 0 bridgehead atoms. The SMILES string of the molecule is COc1ncc(-c2cc3c(F)c[nH]c(=O)c3c(N)n2)cn1. The van der Waals surface area contributed by atoms with Crippen LogP contribution in [0.3, 0.4) is 0 Å². The number of methoxy groups -OCH3 is 1. The minimum atomic E-state index is -0.589. The minimum Gasteiger partial charge on any atom is -0.467 e. The number of pyridine rings is 2. The smallest absolute Gasteiger partial charge is 0.316 e. The molecule has 0 unspecified atom stereocenters. The second-order valence-electron chi connectivity index (χ2n) is 4.24. The van der Waals surface area contributed by atoms with Gasteiger partial charge < -0.3 is 15.5 Å². The van der Waals surface area contributed by atoms with Crippen LogP contribution in [0, 0.1) is 5.82 Å². The van der Waals surface area contributed by atoms with Crippen molar-refractivity contribution >= 4 is 16.6 Å². The highest BCUT2D eigenvalue weighted by Crippen LogP contribution is 2.25. The van der Waals surface area contributed by atoms with Crippen molar-refractivity contribution < 1.29 is 9.13 Å². The van der Waals surface area contributed by atoms with Gasteiger partial charge in [0.05, 0.1) is 18.2 Å². The van der Waals surface area contributed by atoms with Gasteiger partial charge >= 0.3 is 6.01 Å². The van der Waals surface area contributed by atoms with Crippen molar-refractivity contribution in [3.05, 3.63) is 40.8 Å². The van der Waals surface area contributed by atoms with Crippen LogP contribution in [0.5, 0.6) is 6.01 Å². The molecular weight excluding hydrogens is 277 g/mol. The van der Waals surface area contributed by atoms with Crippen molar-refractivity contribution in [3.8, 4) is 17.3 Å². The molecular formula is C13H10FN5O2. The second-order valence-corrected chi connectivity index (χ2v) is 4.24. The summed E-state index contributed by atoms with van der Waals surface area (Å²) < 4.78 is 18.7. The largest absolute Gasteiger partial charge is 0.467 e. The Bertz CT molecular complexity index is 876. The van der Waals surface area contributed by atoms with Crippen LogP contribution in [0.15, 0.2) is 29.5 Å². The summed E-state index contributed by atoms with van der Waals surface area (Å²) in [6.07, 6.45) is 3.94. The number of halogens is 1. The first kappa shape index (κ1) is 13.0. The van der Waals surface area contributed by atoms with Crippen LogP contribution in [0.1, 0.15) is 0 Å². The van der Waals surface area contributed by atoms with Gasteiger partial charge in [-0.3, -0.25) is 4.79 Å². The number of nitrogens with two attached hydrogens (primary N) is 1. The Morgan fingerprint density at radius 2 is 2.05 bits per heavy atom. The molecule has 0 atom stereocenters. The molecule has 0 saturated heterocycles. The Kier molecular flexibility index (Phi) is 2.98. The minimum absolute atomic E-state index is 0.0215. The number of aromatic nitrogens is 4. The number of hydrogen-bond donors (Lipinski definition) is 2. The zero-order chi connectivity index (χ0) is 15.0. The molecule has 0 spiro atoms. The number of aromatic amines is 1. The number of nitrogen functional groups attached to an aromatic ring is 1. The van der Waals surface area contributed by atoms with Crippen LogP contribution >= 0.6 is 0 Å². The van der Waals surface area contributed by atoms with Crippen molar-refractivity contribution in [3.63, 3.8) is 0 Å². The van der Waals surface area contributed by atoms with E-state index in [4.69, 9.17) is 10.5 Å². The third-order valence-corrected chi connectivity index (χ3v) is 2.97. The standard InChI is InChI=1S/C13H10FN5O2/c1-21-13-17-3-6(4-18-13)9-2-7-8(14)5-16-12(20)10(7)11(15)19-9/h2-5H,1H3,(H2,15,19)(H,16,20). The van der Waals surface area contributed by atoms with E-state index >= 15 is 0 Å². The molecule has 3 aromatic rings. The topological polar surface area (TPSA) is 107 Å². The molecule has 0 radical (unpaired) electrons. The maximum absolute atomic E-state index is 13.9. The van der Waals surface area contributed by atoms with Crippen molar-refractivity contribution in [1.82, 2.24) is 19.9 Å². The predicted octanol–water partition coefficient (Wildman–Crippen LogP) is 1.11. The summed E-state index contributed by atoms with van der Waals surface area (Å²) in [7, 11) is 1.45. The van der Waals surface area contributed by atoms with Crippen LogP contribution in [-0.2, 0) is 0 Å². The lowest BCUT2D eigenvalue weighted by Crippen LogP contribution is -2.10. The Morgan fingerprint density at radius 3 is 2.71 bits per heavy atom. The molecule has 0 aromatic carbocycles. The number of hydrogen-bond acceptors (Lipinski definition) is 6. The number of nitrogens with one attached hydrogen (secondary N) is 1. The normalized spacial score (nSPS) is 10.8. The third kappa shape index (κ3) is 2.16. The molecule has 3 rings (SSSR count). The Balaban J connectivity index is 2.24. The fraction of sp³-hybridized carbons (Fsp3) is 0.0769. The van der Waals surface area contributed by atoms with E-state index in [0.29, 0.717) is 11.3 Å². The second kappa shape index (κ2) is 4.82. The van der Waals surface area contributed by atoms with E-state index in [0.717, 1.165) is 6.20 Å². The Hall–Kier alpha value is -3.03. The third-order valence-electron chi connectivity index (χ3n) is 2.97. The van der Waals surface area contributed by atoms with Gasteiger partial charge in [0.25, 0.3) is 5.56 Å². The van der Waals surface area contributed by atoms with Crippen molar-refractivity contribution in [2.24, 2.45) is 0 Å². The van der Waals surface area contributed by atoms with E-state index < -0.39 is 11.4 Å². The molecule has 3 aromatic heterocycles. The van der Waals surface area contributed by atoms with Gasteiger partial charge in [-0.25, -0.2) is 19.3 Å². The number of nitrogens with zero attached hydrogens (tertiary/aromatic N) is 3. The van der Waals surface area contributed by atoms with Crippen molar-refractivity contribution in [2.45, 2.75) is 0 Å². The summed E-state index contributed by atoms with van der Waals surface area (Å²) in [4.78, 5) is 26.0. The first-order chi connectivity index (χ1) is 10.1. The molecule has 0 fully saturated rings. The summed E-state index contributed by atoms with van der Waals surface area (Å²) in [5.74, 6) is -0.645. The van der Waals surface area contributed by atoms with E-state index in [-0.39, 0.29) is 22.6 Å². The molecule has 21 heavy (non-hydrogen) atoms.